The maximum Gasteiger partial charge on any atom is 0.122 e. The van der Waals surface area contributed by atoms with Crippen molar-refractivity contribution in [1.82, 2.24) is 9.55 Å². The normalized spacial score (nSPS) is 11.0. The number of aryl methyl sites for hydroxylation is 1. The fourth-order valence-electron chi connectivity index (χ4n) is 3.18. The third kappa shape index (κ3) is 4.14. The summed E-state index contributed by atoms with van der Waals surface area (Å²) >= 11 is 1.78. The minimum atomic E-state index is 0.651. The minimum absolute atomic E-state index is 0.651. The second-order valence-corrected chi connectivity index (χ2v) is 7.34. The van der Waals surface area contributed by atoms with Crippen LogP contribution in [0.2, 0.25) is 0 Å². The largest absolute Gasteiger partial charge is 0.497 e. The van der Waals surface area contributed by atoms with Crippen LogP contribution in [0.25, 0.3) is 11.0 Å². The summed E-state index contributed by atoms with van der Waals surface area (Å²) in [5.74, 6) is 2.76. The number of hydrogen-bond donors (Lipinski definition) is 0. The van der Waals surface area contributed by atoms with Gasteiger partial charge in [0.1, 0.15) is 17.3 Å². The first-order valence-corrected chi connectivity index (χ1v) is 9.95. The van der Waals surface area contributed by atoms with E-state index in [0.29, 0.717) is 6.61 Å². The second-order valence-electron chi connectivity index (χ2n) is 6.31. The fourth-order valence-corrected chi connectivity index (χ4v) is 3.88. The summed E-state index contributed by atoms with van der Waals surface area (Å²) in [7, 11) is 1.67. The predicted octanol–water partition coefficient (Wildman–Crippen LogP) is 5.17. The molecule has 0 radical (unpaired) electrons. The van der Waals surface area contributed by atoms with Crippen molar-refractivity contribution in [2.45, 2.75) is 19.4 Å². The van der Waals surface area contributed by atoms with E-state index in [9.17, 15) is 0 Å². The van der Waals surface area contributed by atoms with Crippen molar-refractivity contribution in [1.29, 1.82) is 0 Å². The lowest BCUT2D eigenvalue weighted by Crippen LogP contribution is -2.08. The molecule has 2 aromatic heterocycles. The lowest BCUT2D eigenvalue weighted by Gasteiger charge is -2.11. The highest BCUT2D eigenvalue weighted by atomic mass is 32.1. The molecule has 138 valence electrons. The third-order valence-corrected chi connectivity index (χ3v) is 5.36. The van der Waals surface area contributed by atoms with E-state index in [0.717, 1.165) is 42.2 Å². The summed E-state index contributed by atoms with van der Waals surface area (Å²) in [6, 6.07) is 20.3. The molecule has 2 aromatic carbocycles. The number of aromatic nitrogens is 2. The van der Waals surface area contributed by atoms with Gasteiger partial charge in [-0.15, -0.1) is 11.3 Å². The van der Waals surface area contributed by atoms with Gasteiger partial charge in [0.25, 0.3) is 0 Å². The van der Waals surface area contributed by atoms with Crippen molar-refractivity contribution in [2.75, 3.05) is 13.7 Å². The van der Waals surface area contributed by atoms with E-state index in [4.69, 9.17) is 14.5 Å². The Hall–Kier alpha value is -2.79. The highest BCUT2D eigenvalue weighted by Gasteiger charge is 2.11. The number of rotatable bonds is 8. The van der Waals surface area contributed by atoms with E-state index >= 15 is 0 Å². The monoisotopic (exact) mass is 378 g/mol. The van der Waals surface area contributed by atoms with E-state index in [2.05, 4.69) is 40.3 Å². The summed E-state index contributed by atoms with van der Waals surface area (Å²) in [4.78, 5) is 6.19. The molecule has 27 heavy (non-hydrogen) atoms. The second kappa shape index (κ2) is 8.27. The smallest absolute Gasteiger partial charge is 0.122 e. The number of nitrogens with zero attached hydrogens (tertiary/aromatic N) is 2. The van der Waals surface area contributed by atoms with Crippen molar-refractivity contribution < 1.29 is 9.47 Å². The van der Waals surface area contributed by atoms with Crippen LogP contribution in [0.5, 0.6) is 11.5 Å². The fraction of sp³-hybridized carbons (Fsp3) is 0.227. The number of thiophene rings is 1. The predicted molar refractivity (Wildman–Crippen MR) is 110 cm³/mol. The van der Waals surface area contributed by atoms with Crippen molar-refractivity contribution in [3.05, 3.63) is 76.7 Å². The van der Waals surface area contributed by atoms with E-state index in [1.807, 2.05) is 30.3 Å². The molecule has 4 rings (SSSR count). The van der Waals surface area contributed by atoms with Crippen LogP contribution in [-0.4, -0.2) is 23.3 Å². The Morgan fingerprint density at radius 2 is 1.89 bits per heavy atom. The zero-order valence-corrected chi connectivity index (χ0v) is 16.1. The Balaban J connectivity index is 1.45. The van der Waals surface area contributed by atoms with Crippen LogP contribution in [0.1, 0.15) is 17.1 Å². The summed E-state index contributed by atoms with van der Waals surface area (Å²) in [6.45, 7) is 1.53. The summed E-state index contributed by atoms with van der Waals surface area (Å²) in [5, 5.41) is 2.12. The zero-order chi connectivity index (χ0) is 18.5. The van der Waals surface area contributed by atoms with Gasteiger partial charge in [-0.05, 0) is 42.1 Å². The van der Waals surface area contributed by atoms with Gasteiger partial charge in [-0.25, -0.2) is 4.98 Å². The van der Waals surface area contributed by atoms with E-state index in [-0.39, 0.29) is 0 Å². The van der Waals surface area contributed by atoms with Gasteiger partial charge in [0.15, 0.2) is 0 Å². The van der Waals surface area contributed by atoms with Gasteiger partial charge in [-0.2, -0.15) is 0 Å². The number of para-hydroxylation sites is 2. The first-order valence-electron chi connectivity index (χ1n) is 9.07. The van der Waals surface area contributed by atoms with Crippen LogP contribution < -0.4 is 9.47 Å². The zero-order valence-electron chi connectivity index (χ0n) is 15.3. The van der Waals surface area contributed by atoms with Crippen molar-refractivity contribution in [3.8, 4) is 11.5 Å². The topological polar surface area (TPSA) is 36.3 Å². The van der Waals surface area contributed by atoms with Gasteiger partial charge < -0.3 is 14.0 Å². The number of ether oxygens (including phenoxy) is 2. The Labute approximate surface area is 163 Å². The average Bonchev–Trinajstić information content (AvgIpc) is 3.33. The Morgan fingerprint density at radius 1 is 1.00 bits per heavy atom. The minimum Gasteiger partial charge on any atom is -0.497 e. The molecule has 0 atom stereocenters. The molecule has 0 fully saturated rings. The van der Waals surface area contributed by atoms with Crippen LogP contribution in [0.3, 0.4) is 0 Å². The molecule has 5 heteroatoms. The van der Waals surface area contributed by atoms with Gasteiger partial charge in [-0.1, -0.05) is 24.3 Å². The van der Waals surface area contributed by atoms with Gasteiger partial charge in [0, 0.05) is 23.9 Å². The van der Waals surface area contributed by atoms with Crippen LogP contribution >= 0.6 is 11.3 Å². The highest BCUT2D eigenvalue weighted by Crippen LogP contribution is 2.22. The van der Waals surface area contributed by atoms with E-state index in [1.165, 1.54) is 10.4 Å². The molecule has 0 unspecified atom stereocenters. The number of fused-ring (bicyclic) bond motifs is 1. The molecule has 0 saturated carbocycles. The first-order chi connectivity index (χ1) is 13.3. The quantitative estimate of drug-likeness (QED) is 0.397. The Kier molecular flexibility index (Phi) is 5.39. The standard InChI is InChI=1S/C22H22N2O2S/c1-25-17-7-4-8-18(15-17)26-13-6-12-24-21-11-3-2-10-20(21)23-22(24)16-19-9-5-14-27-19/h2-5,7-11,14-15H,6,12-13,16H2,1H3. The molecule has 4 nitrogen and oxygen atoms in total. The molecule has 0 spiro atoms. The van der Waals surface area contributed by atoms with Crippen LogP contribution in [0.4, 0.5) is 0 Å². The van der Waals surface area contributed by atoms with Crippen molar-refractivity contribution >= 4 is 22.4 Å². The molecule has 2 heterocycles. The average molecular weight is 378 g/mol. The van der Waals surface area contributed by atoms with E-state index < -0.39 is 0 Å². The summed E-state index contributed by atoms with van der Waals surface area (Å²) < 4.78 is 13.5. The maximum atomic E-state index is 5.89. The van der Waals surface area contributed by atoms with Gasteiger partial charge in [0.2, 0.25) is 0 Å². The van der Waals surface area contributed by atoms with Crippen molar-refractivity contribution in [3.63, 3.8) is 0 Å². The molecule has 0 saturated heterocycles. The summed E-state index contributed by atoms with van der Waals surface area (Å²) in [6.07, 6.45) is 1.78. The first kappa shape index (κ1) is 17.6. The molecular formula is C22H22N2O2S. The molecule has 0 aliphatic carbocycles. The third-order valence-electron chi connectivity index (χ3n) is 4.48. The molecule has 0 N–H and O–H groups in total. The maximum absolute atomic E-state index is 5.89. The summed E-state index contributed by atoms with van der Waals surface area (Å²) in [5.41, 5.74) is 2.24. The highest BCUT2D eigenvalue weighted by molar-refractivity contribution is 7.09. The Morgan fingerprint density at radius 3 is 2.74 bits per heavy atom. The number of benzene rings is 2. The molecule has 0 aliphatic heterocycles. The van der Waals surface area contributed by atoms with Crippen LogP contribution in [0.15, 0.2) is 66.0 Å². The Bertz CT molecular complexity index is 1010. The molecular weight excluding hydrogens is 356 g/mol. The molecule has 4 aromatic rings. The molecule has 0 aliphatic rings. The van der Waals surface area contributed by atoms with Crippen molar-refractivity contribution in [2.24, 2.45) is 0 Å². The molecule has 0 bridgehead atoms. The SMILES string of the molecule is COc1cccc(OCCCn2c(Cc3cccs3)nc3ccccc32)c1. The van der Waals surface area contributed by atoms with Gasteiger partial charge in [0.05, 0.1) is 24.8 Å². The molecule has 0 amide bonds. The lowest BCUT2D eigenvalue weighted by molar-refractivity contribution is 0.299. The van der Waals surface area contributed by atoms with Gasteiger partial charge >= 0.3 is 0 Å². The number of imidazole rings is 1. The number of methoxy groups -OCH3 is 1. The number of hydrogen-bond acceptors (Lipinski definition) is 4. The van der Waals surface area contributed by atoms with Gasteiger partial charge in [-0.3, -0.25) is 0 Å². The van der Waals surface area contributed by atoms with E-state index in [1.54, 1.807) is 18.4 Å². The lowest BCUT2D eigenvalue weighted by atomic mass is 10.3. The van der Waals surface area contributed by atoms with Crippen LogP contribution in [0, 0.1) is 0 Å². The van der Waals surface area contributed by atoms with Crippen LogP contribution in [-0.2, 0) is 13.0 Å².